The van der Waals surface area contributed by atoms with E-state index in [1.54, 1.807) is 0 Å². The zero-order chi connectivity index (χ0) is 20.0. The van der Waals surface area contributed by atoms with Crippen molar-refractivity contribution in [2.75, 3.05) is 11.9 Å². The first-order valence-corrected chi connectivity index (χ1v) is 9.14. The number of aromatic nitrogens is 2. The number of alkyl halides is 3. The van der Waals surface area contributed by atoms with Crippen LogP contribution >= 0.6 is 0 Å². The minimum absolute atomic E-state index is 0.198. The summed E-state index contributed by atoms with van der Waals surface area (Å²) in [5.74, 6) is -0.0545. The Bertz CT molecular complexity index is 830. The van der Waals surface area contributed by atoms with Crippen molar-refractivity contribution in [1.82, 2.24) is 15.3 Å². The van der Waals surface area contributed by atoms with Crippen LogP contribution in [0.4, 0.5) is 24.8 Å². The Morgan fingerprint density at radius 1 is 1.07 bits per heavy atom. The fraction of sp³-hybridized carbons (Fsp3) is 0.350. The van der Waals surface area contributed by atoms with E-state index >= 15 is 0 Å². The molecule has 0 spiro atoms. The standard InChI is InChI=1S/C20H21F3N4O/c21-20(22,23)16-6-8-17(9-7-16)27-19-25-12-15(13-26-19)18(28)24-11-10-14-4-2-1-3-5-14/h4,6-9,12-13H,1-3,5,10-11H2,(H,24,28)(H,25,26,27). The van der Waals surface area contributed by atoms with Gasteiger partial charge in [-0.2, -0.15) is 13.2 Å². The van der Waals surface area contributed by atoms with Crippen molar-refractivity contribution in [3.05, 3.63) is 59.4 Å². The second-order valence-corrected chi connectivity index (χ2v) is 6.61. The van der Waals surface area contributed by atoms with Gasteiger partial charge in [-0.3, -0.25) is 4.79 Å². The Kier molecular flexibility index (Phi) is 6.28. The molecule has 1 aliphatic carbocycles. The Hall–Kier alpha value is -2.90. The van der Waals surface area contributed by atoms with Crippen LogP contribution in [0.15, 0.2) is 48.3 Å². The molecule has 1 heterocycles. The van der Waals surface area contributed by atoms with E-state index in [0.717, 1.165) is 31.4 Å². The number of anilines is 2. The molecule has 148 valence electrons. The molecule has 0 unspecified atom stereocenters. The summed E-state index contributed by atoms with van der Waals surface area (Å²) in [5, 5.41) is 5.66. The molecular weight excluding hydrogens is 369 g/mol. The van der Waals surface area contributed by atoms with Gasteiger partial charge in [0.1, 0.15) is 0 Å². The fourth-order valence-electron chi connectivity index (χ4n) is 2.95. The quantitative estimate of drug-likeness (QED) is 0.692. The lowest BCUT2D eigenvalue weighted by molar-refractivity contribution is -0.137. The maximum Gasteiger partial charge on any atom is 0.416 e. The van der Waals surface area contributed by atoms with Gasteiger partial charge in [-0.1, -0.05) is 11.6 Å². The summed E-state index contributed by atoms with van der Waals surface area (Å²) >= 11 is 0. The largest absolute Gasteiger partial charge is 0.416 e. The predicted octanol–water partition coefficient (Wildman–Crippen LogP) is 4.86. The molecule has 0 atom stereocenters. The molecule has 1 aromatic heterocycles. The zero-order valence-corrected chi connectivity index (χ0v) is 15.2. The van der Waals surface area contributed by atoms with Crippen molar-refractivity contribution in [1.29, 1.82) is 0 Å². The highest BCUT2D eigenvalue weighted by Crippen LogP contribution is 2.30. The lowest BCUT2D eigenvalue weighted by Gasteiger charge is -2.13. The number of allylic oxidation sites excluding steroid dienone is 1. The van der Waals surface area contributed by atoms with Crippen molar-refractivity contribution in [3.8, 4) is 0 Å². The molecule has 0 fully saturated rings. The molecule has 28 heavy (non-hydrogen) atoms. The Morgan fingerprint density at radius 3 is 2.39 bits per heavy atom. The molecule has 0 aliphatic heterocycles. The summed E-state index contributed by atoms with van der Waals surface area (Å²) in [6.07, 6.45) is 6.15. The van der Waals surface area contributed by atoms with Crippen molar-refractivity contribution >= 4 is 17.5 Å². The number of halogens is 3. The third-order valence-electron chi connectivity index (χ3n) is 4.50. The molecule has 2 aromatic rings. The first kappa shape index (κ1) is 19.9. The average molecular weight is 390 g/mol. The number of carbonyl (C=O) groups excluding carboxylic acids is 1. The van der Waals surface area contributed by atoms with Gasteiger partial charge in [-0.25, -0.2) is 9.97 Å². The fourth-order valence-corrected chi connectivity index (χ4v) is 2.95. The lowest BCUT2D eigenvalue weighted by atomic mass is 9.97. The highest BCUT2D eigenvalue weighted by Gasteiger charge is 2.29. The van der Waals surface area contributed by atoms with Crippen LogP contribution in [-0.2, 0) is 6.18 Å². The molecule has 1 aromatic carbocycles. The predicted molar refractivity (Wildman–Crippen MR) is 100 cm³/mol. The maximum absolute atomic E-state index is 12.6. The van der Waals surface area contributed by atoms with Crippen LogP contribution in [0.25, 0.3) is 0 Å². The highest BCUT2D eigenvalue weighted by molar-refractivity contribution is 5.93. The zero-order valence-electron chi connectivity index (χ0n) is 15.2. The molecule has 2 N–H and O–H groups in total. The molecule has 3 rings (SSSR count). The number of hydrogen-bond acceptors (Lipinski definition) is 4. The van der Waals surface area contributed by atoms with E-state index in [-0.39, 0.29) is 11.9 Å². The topological polar surface area (TPSA) is 66.9 Å². The molecule has 0 saturated heterocycles. The molecule has 1 aliphatic rings. The van der Waals surface area contributed by atoms with Crippen LogP contribution in [0.5, 0.6) is 0 Å². The van der Waals surface area contributed by atoms with Crippen molar-refractivity contribution < 1.29 is 18.0 Å². The minimum Gasteiger partial charge on any atom is -0.352 e. The Balaban J connectivity index is 1.51. The Labute approximate surface area is 161 Å². The van der Waals surface area contributed by atoms with Crippen LogP contribution in [0.1, 0.15) is 48.0 Å². The van der Waals surface area contributed by atoms with Gasteiger partial charge in [0.05, 0.1) is 11.1 Å². The summed E-state index contributed by atoms with van der Waals surface area (Å²) in [7, 11) is 0. The second kappa shape index (κ2) is 8.86. The third kappa shape index (κ3) is 5.55. The first-order valence-electron chi connectivity index (χ1n) is 9.14. The van der Waals surface area contributed by atoms with Gasteiger partial charge in [-0.05, 0) is 56.4 Å². The average Bonchev–Trinajstić information content (AvgIpc) is 2.69. The van der Waals surface area contributed by atoms with Gasteiger partial charge >= 0.3 is 6.18 Å². The van der Waals surface area contributed by atoms with Gasteiger partial charge in [-0.15, -0.1) is 0 Å². The van der Waals surface area contributed by atoms with E-state index in [0.29, 0.717) is 17.8 Å². The SMILES string of the molecule is O=C(NCCC1=CCCCC1)c1cnc(Nc2ccc(C(F)(F)F)cc2)nc1. The summed E-state index contributed by atoms with van der Waals surface area (Å²) in [6.45, 7) is 0.566. The number of nitrogens with one attached hydrogen (secondary N) is 2. The van der Waals surface area contributed by atoms with E-state index in [2.05, 4.69) is 26.7 Å². The van der Waals surface area contributed by atoms with E-state index < -0.39 is 11.7 Å². The van der Waals surface area contributed by atoms with E-state index in [1.165, 1.54) is 42.9 Å². The minimum atomic E-state index is -4.38. The summed E-state index contributed by atoms with van der Waals surface area (Å²) in [6, 6.07) is 4.55. The number of amides is 1. The second-order valence-electron chi connectivity index (χ2n) is 6.61. The normalized spacial score (nSPS) is 14.3. The maximum atomic E-state index is 12.6. The van der Waals surface area contributed by atoms with Gasteiger partial charge in [0.25, 0.3) is 5.91 Å². The molecule has 5 nitrogen and oxygen atoms in total. The van der Waals surface area contributed by atoms with Crippen molar-refractivity contribution in [3.63, 3.8) is 0 Å². The summed E-state index contributed by atoms with van der Waals surface area (Å²) < 4.78 is 37.7. The van der Waals surface area contributed by atoms with Crippen molar-refractivity contribution in [2.24, 2.45) is 0 Å². The van der Waals surface area contributed by atoms with Crippen LogP contribution in [0.2, 0.25) is 0 Å². The third-order valence-corrected chi connectivity index (χ3v) is 4.50. The van der Waals surface area contributed by atoms with E-state index in [9.17, 15) is 18.0 Å². The Morgan fingerprint density at radius 2 is 1.79 bits per heavy atom. The van der Waals surface area contributed by atoms with Gasteiger partial charge in [0, 0.05) is 24.6 Å². The monoisotopic (exact) mass is 390 g/mol. The first-order chi connectivity index (χ1) is 13.4. The summed E-state index contributed by atoms with van der Waals surface area (Å²) in [5.41, 5.74) is 1.41. The van der Waals surface area contributed by atoms with Gasteiger partial charge in [0.15, 0.2) is 0 Å². The molecular formula is C20H21F3N4O. The molecule has 8 heteroatoms. The van der Waals surface area contributed by atoms with Crippen LogP contribution < -0.4 is 10.6 Å². The smallest absolute Gasteiger partial charge is 0.352 e. The van der Waals surface area contributed by atoms with Gasteiger partial charge in [0.2, 0.25) is 5.95 Å². The highest BCUT2D eigenvalue weighted by atomic mass is 19.4. The molecule has 0 saturated carbocycles. The summed E-state index contributed by atoms with van der Waals surface area (Å²) in [4.78, 5) is 20.2. The molecule has 0 bridgehead atoms. The van der Waals surface area contributed by atoms with Crippen LogP contribution in [0.3, 0.4) is 0 Å². The van der Waals surface area contributed by atoms with Crippen LogP contribution in [-0.4, -0.2) is 22.4 Å². The number of carbonyl (C=O) groups is 1. The number of benzene rings is 1. The lowest BCUT2D eigenvalue weighted by Crippen LogP contribution is -2.25. The number of nitrogens with zero attached hydrogens (tertiary/aromatic N) is 2. The molecule has 0 radical (unpaired) electrons. The van der Waals surface area contributed by atoms with E-state index in [4.69, 9.17) is 0 Å². The number of rotatable bonds is 6. The van der Waals surface area contributed by atoms with Gasteiger partial charge < -0.3 is 10.6 Å². The number of hydrogen-bond donors (Lipinski definition) is 2. The van der Waals surface area contributed by atoms with Crippen LogP contribution in [0, 0.1) is 0 Å². The van der Waals surface area contributed by atoms with Crippen molar-refractivity contribution in [2.45, 2.75) is 38.3 Å². The van der Waals surface area contributed by atoms with E-state index in [1.807, 2.05) is 0 Å². The molecule has 1 amide bonds.